The number of anilines is 1. The quantitative estimate of drug-likeness (QED) is 0.341. The summed E-state index contributed by atoms with van der Waals surface area (Å²) >= 11 is 0. The highest BCUT2D eigenvalue weighted by Crippen LogP contribution is 2.16. The fourth-order valence-corrected chi connectivity index (χ4v) is 1.84. The van der Waals surface area contributed by atoms with Gasteiger partial charge in [-0.15, -0.1) is 0 Å². The molecule has 0 saturated carbocycles. The molecule has 0 fully saturated rings. The van der Waals surface area contributed by atoms with Crippen LogP contribution in [0, 0.1) is 0 Å². The van der Waals surface area contributed by atoms with Gasteiger partial charge in [0.25, 0.3) is 0 Å². The van der Waals surface area contributed by atoms with Gasteiger partial charge in [-0.1, -0.05) is 18.2 Å². The molecule has 0 radical (unpaired) electrons. The maximum atomic E-state index is 11.3. The first-order chi connectivity index (χ1) is 9.10. The number of methoxy groups -OCH3 is 1. The molecule has 102 valence electrons. The Balaban J connectivity index is 2.76. The molecule has 0 bridgehead atoms. The van der Waals surface area contributed by atoms with Gasteiger partial charge in [0.2, 0.25) is 0 Å². The third-order valence-corrected chi connectivity index (χ3v) is 2.84. The summed E-state index contributed by atoms with van der Waals surface area (Å²) in [5.74, 6) is -0.598. The standard InChI is InChI=1S/C14H19N3O2/c1-11(2)17(12-7-5-4-6-8-12)10-9-13(16-15)14(18)19-3/h4-8,11H,9-10H2,1-3H3. The summed E-state index contributed by atoms with van der Waals surface area (Å²) in [4.78, 5) is 16.5. The molecule has 0 saturated heterocycles. The van der Waals surface area contributed by atoms with Crippen molar-refractivity contribution >= 4 is 17.4 Å². The van der Waals surface area contributed by atoms with Gasteiger partial charge in [-0.3, -0.25) is 0 Å². The number of benzene rings is 1. The van der Waals surface area contributed by atoms with Crippen molar-refractivity contribution in [1.29, 1.82) is 0 Å². The maximum absolute atomic E-state index is 11.3. The highest BCUT2D eigenvalue weighted by atomic mass is 16.5. The lowest BCUT2D eigenvalue weighted by atomic mass is 10.2. The van der Waals surface area contributed by atoms with Crippen molar-refractivity contribution in [3.05, 3.63) is 35.9 Å². The lowest BCUT2D eigenvalue weighted by Crippen LogP contribution is -2.34. The molecule has 0 atom stereocenters. The second-order valence-corrected chi connectivity index (χ2v) is 4.41. The van der Waals surface area contributed by atoms with E-state index in [1.165, 1.54) is 7.11 Å². The van der Waals surface area contributed by atoms with E-state index in [1.54, 1.807) is 0 Å². The van der Waals surface area contributed by atoms with Crippen LogP contribution in [0.2, 0.25) is 0 Å². The predicted molar refractivity (Wildman–Crippen MR) is 74.2 cm³/mol. The van der Waals surface area contributed by atoms with Crippen molar-refractivity contribution in [1.82, 2.24) is 0 Å². The summed E-state index contributed by atoms with van der Waals surface area (Å²) in [5, 5.41) is 0. The lowest BCUT2D eigenvalue weighted by Gasteiger charge is -2.28. The van der Waals surface area contributed by atoms with Crippen LogP contribution in [0.1, 0.15) is 20.3 Å². The number of carbonyl (C=O) groups excluding carboxylic acids is 1. The van der Waals surface area contributed by atoms with E-state index >= 15 is 0 Å². The van der Waals surface area contributed by atoms with Gasteiger partial charge in [0, 0.05) is 18.3 Å². The molecule has 0 unspecified atom stereocenters. The molecule has 0 aliphatic heterocycles. The molecule has 0 heterocycles. The van der Waals surface area contributed by atoms with E-state index in [1.807, 2.05) is 30.3 Å². The molecule has 5 nitrogen and oxygen atoms in total. The molecule has 0 aromatic heterocycles. The van der Waals surface area contributed by atoms with Gasteiger partial charge in [-0.2, -0.15) is 4.79 Å². The molecule has 1 aromatic carbocycles. The van der Waals surface area contributed by atoms with Crippen LogP contribution < -0.4 is 4.90 Å². The Bertz CT molecular complexity index is 465. The number of ether oxygens (including phenoxy) is 1. The predicted octanol–water partition coefficient (Wildman–Crippen LogP) is 2.14. The Morgan fingerprint density at radius 3 is 2.47 bits per heavy atom. The summed E-state index contributed by atoms with van der Waals surface area (Å²) < 4.78 is 4.55. The van der Waals surface area contributed by atoms with Crippen molar-refractivity contribution in [2.45, 2.75) is 26.3 Å². The summed E-state index contributed by atoms with van der Waals surface area (Å²) in [7, 11) is 1.27. The topological polar surface area (TPSA) is 65.9 Å². The summed E-state index contributed by atoms with van der Waals surface area (Å²) in [6.45, 7) is 4.72. The van der Waals surface area contributed by atoms with E-state index in [4.69, 9.17) is 5.53 Å². The lowest BCUT2D eigenvalue weighted by molar-refractivity contribution is -0.137. The zero-order valence-electron chi connectivity index (χ0n) is 11.5. The van der Waals surface area contributed by atoms with Crippen LogP contribution in [0.3, 0.4) is 0 Å². The van der Waals surface area contributed by atoms with Crippen molar-refractivity contribution in [3.8, 4) is 0 Å². The second-order valence-electron chi connectivity index (χ2n) is 4.41. The largest absolute Gasteiger partial charge is 0.460 e. The van der Waals surface area contributed by atoms with Crippen LogP contribution in [0.25, 0.3) is 5.53 Å². The van der Waals surface area contributed by atoms with Gasteiger partial charge in [0.15, 0.2) is 0 Å². The van der Waals surface area contributed by atoms with Gasteiger partial charge in [-0.05, 0) is 26.0 Å². The van der Waals surface area contributed by atoms with Crippen LogP contribution in [0.15, 0.2) is 30.3 Å². The number of hydrogen-bond acceptors (Lipinski definition) is 3. The minimum atomic E-state index is -0.598. The number of para-hydroxylation sites is 1. The van der Waals surface area contributed by atoms with E-state index in [2.05, 4.69) is 28.3 Å². The molecule has 1 rings (SSSR count). The van der Waals surface area contributed by atoms with E-state index < -0.39 is 5.97 Å². The fraction of sp³-hybridized carbons (Fsp3) is 0.429. The number of hydrogen-bond donors (Lipinski definition) is 0. The Labute approximate surface area is 113 Å². The molecule has 0 N–H and O–H groups in total. The van der Waals surface area contributed by atoms with Gasteiger partial charge in [-0.25, -0.2) is 4.79 Å². The zero-order chi connectivity index (χ0) is 14.3. The second kappa shape index (κ2) is 7.34. The summed E-state index contributed by atoms with van der Waals surface area (Å²) in [6.07, 6.45) is 0.330. The highest BCUT2D eigenvalue weighted by molar-refractivity contribution is 6.33. The zero-order valence-corrected chi connectivity index (χ0v) is 11.5. The Morgan fingerprint density at radius 1 is 1.37 bits per heavy atom. The van der Waals surface area contributed by atoms with E-state index in [0.717, 1.165) is 5.69 Å². The Morgan fingerprint density at radius 2 is 2.00 bits per heavy atom. The number of rotatable bonds is 6. The number of carbonyl (C=O) groups is 1. The first-order valence-electron chi connectivity index (χ1n) is 6.21. The molecule has 19 heavy (non-hydrogen) atoms. The van der Waals surface area contributed by atoms with E-state index in [0.29, 0.717) is 13.0 Å². The molecular formula is C14H19N3O2. The average Bonchev–Trinajstić information content (AvgIpc) is 2.43. The highest BCUT2D eigenvalue weighted by Gasteiger charge is 2.22. The third kappa shape index (κ3) is 4.23. The molecule has 0 aliphatic rings. The van der Waals surface area contributed by atoms with Gasteiger partial charge >= 0.3 is 11.7 Å². The molecular weight excluding hydrogens is 242 g/mol. The van der Waals surface area contributed by atoms with E-state index in [-0.39, 0.29) is 11.8 Å². The third-order valence-electron chi connectivity index (χ3n) is 2.84. The SMILES string of the molecule is COC(=O)C(CCN(c1ccccc1)C(C)C)=[N+]=[N-]. The fourth-order valence-electron chi connectivity index (χ4n) is 1.84. The summed E-state index contributed by atoms with van der Waals surface area (Å²) in [5.41, 5.74) is 9.92. The van der Waals surface area contributed by atoms with Crippen LogP contribution >= 0.6 is 0 Å². The summed E-state index contributed by atoms with van der Waals surface area (Å²) in [6, 6.07) is 10.2. The Kier molecular flexibility index (Phi) is 5.76. The molecule has 0 amide bonds. The van der Waals surface area contributed by atoms with Crippen LogP contribution in [0.5, 0.6) is 0 Å². The van der Waals surface area contributed by atoms with Gasteiger partial charge in [0.05, 0.1) is 13.5 Å². The monoisotopic (exact) mass is 261 g/mol. The minimum Gasteiger partial charge on any atom is -0.460 e. The van der Waals surface area contributed by atoms with Crippen LogP contribution in [-0.2, 0) is 9.53 Å². The maximum Gasteiger partial charge on any atom is 0.416 e. The van der Waals surface area contributed by atoms with E-state index in [9.17, 15) is 4.79 Å². The normalized spacial score (nSPS) is 9.89. The van der Waals surface area contributed by atoms with Crippen LogP contribution in [0.4, 0.5) is 5.69 Å². The first-order valence-corrected chi connectivity index (χ1v) is 6.21. The molecule has 0 spiro atoms. The van der Waals surface area contributed by atoms with Crippen molar-refractivity contribution < 1.29 is 14.3 Å². The van der Waals surface area contributed by atoms with Crippen molar-refractivity contribution in [3.63, 3.8) is 0 Å². The van der Waals surface area contributed by atoms with Crippen molar-refractivity contribution in [2.75, 3.05) is 18.6 Å². The van der Waals surface area contributed by atoms with Gasteiger partial charge < -0.3 is 15.2 Å². The van der Waals surface area contributed by atoms with Gasteiger partial charge in [0.1, 0.15) is 0 Å². The smallest absolute Gasteiger partial charge is 0.416 e. The molecule has 0 aliphatic carbocycles. The number of nitrogens with zero attached hydrogens (tertiary/aromatic N) is 3. The first kappa shape index (κ1) is 14.9. The number of esters is 1. The van der Waals surface area contributed by atoms with Crippen LogP contribution in [-0.4, -0.2) is 36.2 Å². The molecule has 1 aromatic rings. The average molecular weight is 261 g/mol. The van der Waals surface area contributed by atoms with Crippen molar-refractivity contribution in [2.24, 2.45) is 0 Å². The molecule has 5 heteroatoms. The Hall–Kier alpha value is -2.13. The minimum absolute atomic E-state index is 0.0316.